The van der Waals surface area contributed by atoms with Crippen molar-refractivity contribution >= 4 is 0 Å². The molecule has 0 heterocycles. The van der Waals surface area contributed by atoms with Gasteiger partial charge in [0.25, 0.3) is 0 Å². The summed E-state index contributed by atoms with van der Waals surface area (Å²) in [6, 6.07) is 8.48. The number of nitrogens with one attached hydrogen (secondary N) is 1. The third-order valence-corrected chi connectivity index (χ3v) is 3.52. The Balaban J connectivity index is 1.68. The zero-order valence-corrected chi connectivity index (χ0v) is 11.1. The molecule has 1 saturated carbocycles. The fourth-order valence-electron chi connectivity index (χ4n) is 2.40. The lowest BCUT2D eigenvalue weighted by Gasteiger charge is -2.17. The van der Waals surface area contributed by atoms with Crippen LogP contribution in [0.2, 0.25) is 0 Å². The van der Waals surface area contributed by atoms with E-state index in [1.807, 2.05) is 31.2 Å². The highest BCUT2D eigenvalue weighted by atomic mass is 16.5. The van der Waals surface area contributed by atoms with Crippen LogP contribution in [0.4, 0.5) is 0 Å². The van der Waals surface area contributed by atoms with Crippen molar-refractivity contribution in [1.29, 1.82) is 0 Å². The van der Waals surface area contributed by atoms with Gasteiger partial charge in [0, 0.05) is 12.6 Å². The van der Waals surface area contributed by atoms with Gasteiger partial charge in [0.1, 0.15) is 18.5 Å². The monoisotopic (exact) mass is 249 g/mol. The minimum absolute atomic E-state index is 0.352. The topological polar surface area (TPSA) is 41.5 Å². The SMILES string of the molecule is Cc1ccccc1OC[C@H](O)CNC1CCCC1. The summed E-state index contributed by atoms with van der Waals surface area (Å²) in [5.74, 6) is 0.859. The van der Waals surface area contributed by atoms with Gasteiger partial charge in [-0.3, -0.25) is 0 Å². The van der Waals surface area contributed by atoms with Gasteiger partial charge in [-0.15, -0.1) is 0 Å². The summed E-state index contributed by atoms with van der Waals surface area (Å²) in [5, 5.41) is 13.3. The minimum Gasteiger partial charge on any atom is -0.491 e. The first-order valence-electron chi connectivity index (χ1n) is 6.85. The molecule has 2 rings (SSSR count). The Hall–Kier alpha value is -1.06. The average molecular weight is 249 g/mol. The third-order valence-electron chi connectivity index (χ3n) is 3.52. The lowest BCUT2D eigenvalue weighted by molar-refractivity contribution is 0.103. The largest absolute Gasteiger partial charge is 0.491 e. The first-order chi connectivity index (χ1) is 8.75. The van der Waals surface area contributed by atoms with Gasteiger partial charge in [-0.25, -0.2) is 0 Å². The van der Waals surface area contributed by atoms with E-state index in [2.05, 4.69) is 5.32 Å². The summed E-state index contributed by atoms with van der Waals surface area (Å²) in [4.78, 5) is 0. The molecule has 1 fully saturated rings. The highest BCUT2D eigenvalue weighted by molar-refractivity contribution is 5.31. The molecule has 0 unspecified atom stereocenters. The second-order valence-electron chi connectivity index (χ2n) is 5.12. The Morgan fingerprint density at radius 3 is 2.78 bits per heavy atom. The van der Waals surface area contributed by atoms with Gasteiger partial charge in [-0.05, 0) is 31.4 Å². The Morgan fingerprint density at radius 1 is 1.33 bits per heavy atom. The predicted molar refractivity (Wildman–Crippen MR) is 72.9 cm³/mol. The molecule has 2 N–H and O–H groups in total. The van der Waals surface area contributed by atoms with E-state index in [-0.39, 0.29) is 0 Å². The van der Waals surface area contributed by atoms with Crippen LogP contribution in [0, 0.1) is 6.92 Å². The average Bonchev–Trinajstić information content (AvgIpc) is 2.88. The number of rotatable bonds is 6. The van der Waals surface area contributed by atoms with Crippen molar-refractivity contribution in [2.45, 2.75) is 44.8 Å². The maximum Gasteiger partial charge on any atom is 0.122 e. The van der Waals surface area contributed by atoms with E-state index < -0.39 is 6.10 Å². The Kier molecular flexibility index (Phi) is 5.02. The first kappa shape index (κ1) is 13.4. The number of hydrogen-bond acceptors (Lipinski definition) is 3. The highest BCUT2D eigenvalue weighted by Gasteiger charge is 2.15. The van der Waals surface area contributed by atoms with Gasteiger partial charge in [-0.1, -0.05) is 31.0 Å². The molecule has 0 amide bonds. The van der Waals surface area contributed by atoms with Crippen LogP contribution in [0.15, 0.2) is 24.3 Å². The molecule has 3 nitrogen and oxygen atoms in total. The molecule has 1 aromatic rings. The lowest BCUT2D eigenvalue weighted by atomic mass is 10.2. The summed E-state index contributed by atoms with van der Waals surface area (Å²) < 4.78 is 5.62. The number of aryl methyl sites for hydroxylation is 1. The molecule has 1 aliphatic carbocycles. The van der Waals surface area contributed by atoms with Crippen LogP contribution in [0.25, 0.3) is 0 Å². The molecule has 1 atom stereocenters. The number of aliphatic hydroxyl groups excluding tert-OH is 1. The molecule has 18 heavy (non-hydrogen) atoms. The van der Waals surface area contributed by atoms with Crippen molar-refractivity contribution in [2.24, 2.45) is 0 Å². The zero-order chi connectivity index (χ0) is 12.8. The van der Waals surface area contributed by atoms with Crippen LogP contribution in [-0.2, 0) is 0 Å². The summed E-state index contributed by atoms with van der Waals surface area (Å²) >= 11 is 0. The molecule has 3 heteroatoms. The summed E-state index contributed by atoms with van der Waals surface area (Å²) in [7, 11) is 0. The molecular formula is C15H23NO2. The van der Waals surface area contributed by atoms with Crippen LogP contribution < -0.4 is 10.1 Å². The smallest absolute Gasteiger partial charge is 0.122 e. The predicted octanol–water partition coefficient (Wildman–Crippen LogP) is 2.27. The van der Waals surface area contributed by atoms with Gasteiger partial charge in [-0.2, -0.15) is 0 Å². The summed E-state index contributed by atoms with van der Waals surface area (Å²) in [6.45, 7) is 2.99. The van der Waals surface area contributed by atoms with Crippen LogP contribution in [0.1, 0.15) is 31.2 Å². The second kappa shape index (κ2) is 6.76. The van der Waals surface area contributed by atoms with Crippen molar-refractivity contribution in [3.8, 4) is 5.75 Å². The second-order valence-corrected chi connectivity index (χ2v) is 5.12. The van der Waals surface area contributed by atoms with Crippen molar-refractivity contribution in [3.63, 3.8) is 0 Å². The number of hydrogen-bond donors (Lipinski definition) is 2. The van der Waals surface area contributed by atoms with Gasteiger partial charge in [0.15, 0.2) is 0 Å². The Morgan fingerprint density at radius 2 is 2.06 bits per heavy atom. The first-order valence-corrected chi connectivity index (χ1v) is 6.85. The summed E-state index contributed by atoms with van der Waals surface area (Å²) in [6.07, 6.45) is 4.67. The fraction of sp³-hybridized carbons (Fsp3) is 0.600. The molecule has 100 valence electrons. The third kappa shape index (κ3) is 4.00. The zero-order valence-electron chi connectivity index (χ0n) is 11.1. The highest BCUT2D eigenvalue weighted by Crippen LogP contribution is 2.18. The number of para-hydroxylation sites is 1. The van der Waals surface area contributed by atoms with E-state index in [0.717, 1.165) is 11.3 Å². The molecule has 1 aromatic carbocycles. The molecular weight excluding hydrogens is 226 g/mol. The number of ether oxygens (including phenoxy) is 1. The van der Waals surface area contributed by atoms with Gasteiger partial charge < -0.3 is 15.2 Å². The van der Waals surface area contributed by atoms with E-state index in [4.69, 9.17) is 4.74 Å². The van der Waals surface area contributed by atoms with Crippen LogP contribution in [-0.4, -0.2) is 30.4 Å². The fourth-order valence-corrected chi connectivity index (χ4v) is 2.40. The van der Waals surface area contributed by atoms with E-state index in [1.165, 1.54) is 25.7 Å². The molecule has 0 saturated heterocycles. The molecule has 0 spiro atoms. The minimum atomic E-state index is -0.440. The van der Waals surface area contributed by atoms with Crippen molar-refractivity contribution in [1.82, 2.24) is 5.32 Å². The molecule has 0 radical (unpaired) electrons. The van der Waals surface area contributed by atoms with Gasteiger partial charge in [0.2, 0.25) is 0 Å². The van der Waals surface area contributed by atoms with E-state index in [9.17, 15) is 5.11 Å². The van der Waals surface area contributed by atoms with Gasteiger partial charge in [0.05, 0.1) is 0 Å². The molecule has 1 aliphatic rings. The Bertz CT molecular complexity index is 361. The molecule has 0 bridgehead atoms. The summed E-state index contributed by atoms with van der Waals surface area (Å²) in [5.41, 5.74) is 1.11. The number of aliphatic hydroxyl groups is 1. The maximum absolute atomic E-state index is 9.87. The van der Waals surface area contributed by atoms with Crippen LogP contribution in [0.5, 0.6) is 5.75 Å². The Labute approximate surface area is 109 Å². The quantitative estimate of drug-likeness (QED) is 0.812. The van der Waals surface area contributed by atoms with E-state index >= 15 is 0 Å². The van der Waals surface area contributed by atoms with Gasteiger partial charge >= 0.3 is 0 Å². The van der Waals surface area contributed by atoms with E-state index in [0.29, 0.717) is 19.2 Å². The van der Waals surface area contributed by atoms with Crippen molar-refractivity contribution in [3.05, 3.63) is 29.8 Å². The maximum atomic E-state index is 9.87. The molecule has 0 aromatic heterocycles. The normalized spacial score (nSPS) is 17.9. The van der Waals surface area contributed by atoms with Crippen molar-refractivity contribution in [2.75, 3.05) is 13.2 Å². The standard InChI is InChI=1S/C15H23NO2/c1-12-6-2-5-9-15(12)18-11-14(17)10-16-13-7-3-4-8-13/h2,5-6,9,13-14,16-17H,3-4,7-8,10-11H2,1H3/t14-/m1/s1. The molecule has 0 aliphatic heterocycles. The van der Waals surface area contributed by atoms with Crippen molar-refractivity contribution < 1.29 is 9.84 Å². The van der Waals surface area contributed by atoms with Crippen LogP contribution >= 0.6 is 0 Å². The number of benzene rings is 1. The van der Waals surface area contributed by atoms with E-state index in [1.54, 1.807) is 0 Å². The lowest BCUT2D eigenvalue weighted by Crippen LogP contribution is -2.36. The van der Waals surface area contributed by atoms with Crippen LogP contribution in [0.3, 0.4) is 0 Å².